The van der Waals surface area contributed by atoms with Crippen molar-refractivity contribution in [2.24, 2.45) is 0 Å². The lowest BCUT2D eigenvalue weighted by atomic mass is 10.2. The van der Waals surface area contributed by atoms with Gasteiger partial charge in [-0.1, -0.05) is 11.6 Å². The summed E-state index contributed by atoms with van der Waals surface area (Å²) in [6.45, 7) is 6.57. The maximum absolute atomic E-state index is 12.3. The summed E-state index contributed by atoms with van der Waals surface area (Å²) in [5, 5.41) is 13.8. The van der Waals surface area contributed by atoms with Crippen molar-refractivity contribution in [1.29, 1.82) is 0 Å². The van der Waals surface area contributed by atoms with Crippen LogP contribution in [0, 0.1) is 10.1 Å². The van der Waals surface area contributed by atoms with Crippen LogP contribution in [0.3, 0.4) is 0 Å². The van der Waals surface area contributed by atoms with Crippen LogP contribution in [0.5, 0.6) is 5.88 Å². The van der Waals surface area contributed by atoms with Crippen LogP contribution in [-0.2, 0) is 4.74 Å². The molecule has 0 aliphatic heterocycles. The first kappa shape index (κ1) is 20.6. The van der Waals surface area contributed by atoms with Crippen LogP contribution in [0.25, 0.3) is 0 Å². The summed E-state index contributed by atoms with van der Waals surface area (Å²) in [5.74, 6) is -0.201. The minimum absolute atomic E-state index is 0.0113. The molecular weight excluding hydrogens is 374 g/mol. The van der Waals surface area contributed by atoms with Crippen molar-refractivity contribution in [1.82, 2.24) is 4.98 Å². The van der Waals surface area contributed by atoms with Gasteiger partial charge in [0.05, 0.1) is 22.7 Å². The second-order valence-electron chi connectivity index (χ2n) is 6.57. The average Bonchev–Trinajstić information content (AvgIpc) is 2.58. The molecule has 27 heavy (non-hydrogen) atoms. The Labute approximate surface area is 161 Å². The highest BCUT2D eigenvalue weighted by atomic mass is 35.5. The molecule has 0 unspecified atom stereocenters. The van der Waals surface area contributed by atoms with Crippen molar-refractivity contribution in [3.8, 4) is 5.88 Å². The number of anilines is 1. The molecule has 0 saturated heterocycles. The van der Waals surface area contributed by atoms with E-state index in [-0.39, 0.29) is 27.6 Å². The van der Waals surface area contributed by atoms with Gasteiger partial charge < -0.3 is 14.8 Å². The van der Waals surface area contributed by atoms with Crippen molar-refractivity contribution < 1.29 is 19.2 Å². The van der Waals surface area contributed by atoms with E-state index in [4.69, 9.17) is 21.1 Å². The summed E-state index contributed by atoms with van der Waals surface area (Å²) >= 11 is 5.85. The Morgan fingerprint density at radius 2 is 2.00 bits per heavy atom. The quantitative estimate of drug-likeness (QED) is 0.431. The van der Waals surface area contributed by atoms with Crippen LogP contribution in [0.1, 0.15) is 31.1 Å². The van der Waals surface area contributed by atoms with Gasteiger partial charge in [0.15, 0.2) is 0 Å². The lowest BCUT2D eigenvalue weighted by molar-refractivity contribution is -0.383. The van der Waals surface area contributed by atoms with E-state index >= 15 is 0 Å². The third-order valence-electron chi connectivity index (χ3n) is 3.27. The van der Waals surface area contributed by atoms with E-state index in [9.17, 15) is 14.9 Å². The van der Waals surface area contributed by atoms with Gasteiger partial charge in [-0.25, -0.2) is 4.98 Å². The zero-order valence-electron chi connectivity index (χ0n) is 15.2. The Morgan fingerprint density at radius 1 is 1.26 bits per heavy atom. The van der Waals surface area contributed by atoms with Gasteiger partial charge in [-0.15, -0.1) is 0 Å². The highest BCUT2D eigenvalue weighted by Crippen LogP contribution is 2.28. The summed E-state index contributed by atoms with van der Waals surface area (Å²) in [6.07, 6.45) is 1.33. The van der Waals surface area contributed by atoms with Crippen LogP contribution in [0.4, 0.5) is 11.4 Å². The summed E-state index contributed by atoms with van der Waals surface area (Å²) in [4.78, 5) is 26.8. The van der Waals surface area contributed by atoms with Crippen molar-refractivity contribution in [3.63, 3.8) is 0 Å². The number of carbonyl (C=O) groups is 1. The molecule has 1 N–H and O–H groups in total. The standard InChI is InChI=1S/C18H20ClN3O5/c1-18(2,3)27-9-8-26-16-7-4-12(11-20-16)17(23)21-14-10-13(19)5-6-15(14)22(24)25/h4-7,10-11H,8-9H2,1-3H3,(H,21,23). The largest absolute Gasteiger partial charge is 0.475 e. The Bertz CT molecular complexity index is 819. The third-order valence-corrected chi connectivity index (χ3v) is 3.51. The first-order chi connectivity index (χ1) is 12.7. The number of carbonyl (C=O) groups excluding carboxylic acids is 1. The molecule has 0 aliphatic carbocycles. The Kier molecular flexibility index (Phi) is 6.70. The molecule has 9 heteroatoms. The number of nitrogens with one attached hydrogen (secondary N) is 1. The number of benzene rings is 1. The average molecular weight is 394 g/mol. The molecule has 0 spiro atoms. The second kappa shape index (κ2) is 8.79. The van der Waals surface area contributed by atoms with Gasteiger partial charge in [0, 0.05) is 23.4 Å². The predicted octanol–water partition coefficient (Wildman–Crippen LogP) is 4.09. The Balaban J connectivity index is 1.98. The van der Waals surface area contributed by atoms with Gasteiger partial charge in [-0.2, -0.15) is 0 Å². The van der Waals surface area contributed by atoms with E-state index in [1.807, 2.05) is 20.8 Å². The molecule has 0 atom stereocenters. The number of hydrogen-bond acceptors (Lipinski definition) is 6. The van der Waals surface area contributed by atoms with Gasteiger partial charge in [-0.3, -0.25) is 14.9 Å². The van der Waals surface area contributed by atoms with E-state index < -0.39 is 10.8 Å². The molecule has 0 saturated carbocycles. The molecule has 1 heterocycles. The zero-order valence-corrected chi connectivity index (χ0v) is 15.9. The second-order valence-corrected chi connectivity index (χ2v) is 7.00. The lowest BCUT2D eigenvalue weighted by Gasteiger charge is -2.19. The van der Waals surface area contributed by atoms with E-state index in [1.54, 1.807) is 6.07 Å². The Hall–Kier alpha value is -2.71. The van der Waals surface area contributed by atoms with Crippen LogP contribution >= 0.6 is 11.6 Å². The van der Waals surface area contributed by atoms with Gasteiger partial charge >= 0.3 is 0 Å². The fourth-order valence-corrected chi connectivity index (χ4v) is 2.23. The first-order valence-electron chi connectivity index (χ1n) is 8.14. The number of amides is 1. The fourth-order valence-electron chi connectivity index (χ4n) is 2.06. The number of hydrogen-bond donors (Lipinski definition) is 1. The van der Waals surface area contributed by atoms with Gasteiger partial charge in [0.1, 0.15) is 12.3 Å². The SMILES string of the molecule is CC(C)(C)OCCOc1ccc(C(=O)Nc2cc(Cl)ccc2[N+](=O)[O-])cn1. The smallest absolute Gasteiger partial charge is 0.292 e. The third kappa shape index (κ3) is 6.50. The number of nitro benzene ring substituents is 1. The van der Waals surface area contributed by atoms with Crippen LogP contribution in [0.2, 0.25) is 5.02 Å². The van der Waals surface area contributed by atoms with E-state index in [1.165, 1.54) is 30.5 Å². The molecule has 2 rings (SSSR count). The van der Waals surface area contributed by atoms with E-state index in [0.29, 0.717) is 19.1 Å². The zero-order chi connectivity index (χ0) is 20.0. The van der Waals surface area contributed by atoms with Gasteiger partial charge in [-0.05, 0) is 39.0 Å². The van der Waals surface area contributed by atoms with Crippen molar-refractivity contribution in [2.75, 3.05) is 18.5 Å². The van der Waals surface area contributed by atoms with Crippen LogP contribution < -0.4 is 10.1 Å². The molecule has 0 fully saturated rings. The molecule has 0 radical (unpaired) electrons. The fraction of sp³-hybridized carbons (Fsp3) is 0.333. The Morgan fingerprint density at radius 3 is 2.59 bits per heavy atom. The summed E-state index contributed by atoms with van der Waals surface area (Å²) < 4.78 is 11.0. The summed E-state index contributed by atoms with van der Waals surface area (Å²) in [6, 6.07) is 6.98. The van der Waals surface area contributed by atoms with Crippen LogP contribution in [0.15, 0.2) is 36.5 Å². The molecule has 2 aromatic rings. The molecule has 8 nitrogen and oxygen atoms in total. The monoisotopic (exact) mass is 393 g/mol. The molecule has 1 aromatic heterocycles. The maximum atomic E-state index is 12.3. The van der Waals surface area contributed by atoms with Gasteiger partial charge in [0.2, 0.25) is 5.88 Å². The molecule has 1 amide bonds. The van der Waals surface area contributed by atoms with Crippen molar-refractivity contribution >= 4 is 28.9 Å². The number of aromatic nitrogens is 1. The highest BCUT2D eigenvalue weighted by molar-refractivity contribution is 6.31. The van der Waals surface area contributed by atoms with Crippen LogP contribution in [-0.4, -0.2) is 34.6 Å². The first-order valence-corrected chi connectivity index (χ1v) is 8.51. The number of nitrogens with zero attached hydrogens (tertiary/aromatic N) is 2. The molecule has 144 valence electrons. The maximum Gasteiger partial charge on any atom is 0.292 e. The minimum Gasteiger partial charge on any atom is -0.475 e. The number of rotatable bonds is 7. The minimum atomic E-state index is -0.596. The van der Waals surface area contributed by atoms with E-state index in [2.05, 4.69) is 10.3 Å². The highest BCUT2D eigenvalue weighted by Gasteiger charge is 2.17. The predicted molar refractivity (Wildman–Crippen MR) is 101 cm³/mol. The molecule has 0 bridgehead atoms. The number of nitro groups is 1. The van der Waals surface area contributed by atoms with Gasteiger partial charge in [0.25, 0.3) is 11.6 Å². The molecule has 1 aromatic carbocycles. The number of ether oxygens (including phenoxy) is 2. The van der Waals surface area contributed by atoms with Crippen molar-refractivity contribution in [3.05, 3.63) is 57.2 Å². The topological polar surface area (TPSA) is 104 Å². The molecule has 0 aliphatic rings. The summed E-state index contributed by atoms with van der Waals surface area (Å²) in [5.41, 5.74) is -0.263. The van der Waals surface area contributed by atoms with Crippen molar-refractivity contribution in [2.45, 2.75) is 26.4 Å². The normalized spacial score (nSPS) is 11.1. The number of pyridine rings is 1. The number of halogens is 1. The summed E-state index contributed by atoms with van der Waals surface area (Å²) in [7, 11) is 0. The lowest BCUT2D eigenvalue weighted by Crippen LogP contribution is -2.22. The van der Waals surface area contributed by atoms with E-state index in [0.717, 1.165) is 0 Å². The molecular formula is C18H20ClN3O5.